The van der Waals surface area contributed by atoms with Gasteiger partial charge in [0.05, 0.1) is 15.1 Å². The molecule has 0 bridgehead atoms. The van der Waals surface area contributed by atoms with Crippen molar-refractivity contribution >= 4 is 60.1 Å². The van der Waals surface area contributed by atoms with Gasteiger partial charge < -0.3 is 0 Å². The standard InChI is InChI=1S/C17H13ClN2O3S2/c1-25(22,23)13-7-8-14-15(10-13)24-17(19-14)20-16(21)9-4-11-2-5-12(18)6-3-11/h2-10H,1H3,(H,19,20,21). The van der Waals surface area contributed by atoms with Crippen molar-refractivity contribution in [1.82, 2.24) is 4.98 Å². The Hall–Kier alpha value is -2.22. The van der Waals surface area contributed by atoms with Gasteiger partial charge in [0.2, 0.25) is 5.91 Å². The molecule has 8 heteroatoms. The summed E-state index contributed by atoms with van der Waals surface area (Å²) in [5, 5.41) is 3.72. The molecule has 1 heterocycles. The zero-order valence-electron chi connectivity index (χ0n) is 13.1. The lowest BCUT2D eigenvalue weighted by Crippen LogP contribution is -2.07. The SMILES string of the molecule is CS(=O)(=O)c1ccc2nc(NC(=O)C=Cc3ccc(Cl)cc3)sc2c1. The first-order valence-electron chi connectivity index (χ1n) is 7.16. The zero-order chi connectivity index (χ0) is 18.0. The van der Waals surface area contributed by atoms with Gasteiger partial charge in [-0.15, -0.1) is 0 Å². The predicted octanol–water partition coefficient (Wildman–Crippen LogP) is 4.01. The second kappa shape index (κ2) is 6.95. The Morgan fingerprint density at radius 1 is 1.20 bits per heavy atom. The van der Waals surface area contributed by atoms with Crippen LogP contribution in [0.5, 0.6) is 0 Å². The number of fused-ring (bicyclic) bond motifs is 1. The number of benzene rings is 2. The van der Waals surface area contributed by atoms with Crippen LogP contribution in [0.15, 0.2) is 53.4 Å². The number of anilines is 1. The molecule has 3 aromatic rings. The number of carbonyl (C=O) groups excluding carboxylic acids is 1. The monoisotopic (exact) mass is 392 g/mol. The largest absolute Gasteiger partial charge is 0.298 e. The molecule has 1 amide bonds. The Bertz CT molecular complexity index is 1070. The van der Waals surface area contributed by atoms with E-state index in [2.05, 4.69) is 10.3 Å². The van der Waals surface area contributed by atoms with E-state index in [-0.39, 0.29) is 10.8 Å². The van der Waals surface area contributed by atoms with E-state index in [1.54, 1.807) is 42.5 Å². The molecule has 0 radical (unpaired) electrons. The molecule has 0 fully saturated rings. The fraction of sp³-hybridized carbons (Fsp3) is 0.0588. The minimum absolute atomic E-state index is 0.226. The fourth-order valence-corrected chi connectivity index (χ4v) is 3.84. The lowest BCUT2D eigenvalue weighted by molar-refractivity contribution is -0.111. The normalized spacial score (nSPS) is 11.9. The Kier molecular flexibility index (Phi) is 4.89. The summed E-state index contributed by atoms with van der Waals surface area (Å²) in [6.45, 7) is 0. The first-order valence-corrected chi connectivity index (χ1v) is 10.3. The summed E-state index contributed by atoms with van der Waals surface area (Å²) in [5.74, 6) is -0.322. The number of thiazole rings is 1. The van der Waals surface area contributed by atoms with Crippen LogP contribution in [0.4, 0.5) is 5.13 Å². The van der Waals surface area contributed by atoms with Crippen LogP contribution >= 0.6 is 22.9 Å². The molecular weight excluding hydrogens is 380 g/mol. The average molecular weight is 393 g/mol. The van der Waals surface area contributed by atoms with Crippen LogP contribution in [0.2, 0.25) is 5.02 Å². The van der Waals surface area contributed by atoms with E-state index in [4.69, 9.17) is 11.6 Å². The van der Waals surface area contributed by atoms with E-state index in [0.29, 0.717) is 20.4 Å². The van der Waals surface area contributed by atoms with Crippen molar-refractivity contribution in [2.24, 2.45) is 0 Å². The van der Waals surface area contributed by atoms with Crippen LogP contribution in [0.25, 0.3) is 16.3 Å². The lowest BCUT2D eigenvalue weighted by Gasteiger charge is -1.96. The van der Waals surface area contributed by atoms with Crippen molar-refractivity contribution < 1.29 is 13.2 Å². The van der Waals surface area contributed by atoms with Crippen molar-refractivity contribution in [2.45, 2.75) is 4.90 Å². The van der Waals surface area contributed by atoms with Crippen LogP contribution in [-0.4, -0.2) is 25.6 Å². The summed E-state index contributed by atoms with van der Waals surface area (Å²) in [6, 6.07) is 11.8. The van der Waals surface area contributed by atoms with Crippen molar-refractivity contribution in [3.63, 3.8) is 0 Å². The fourth-order valence-electron chi connectivity index (χ4n) is 2.08. The third-order valence-corrected chi connectivity index (χ3v) is 5.61. The van der Waals surface area contributed by atoms with E-state index in [0.717, 1.165) is 11.8 Å². The molecule has 3 rings (SSSR count). The van der Waals surface area contributed by atoms with Gasteiger partial charge in [0.25, 0.3) is 0 Å². The second-order valence-corrected chi connectivity index (χ2v) is 8.78. The number of sulfone groups is 1. The third kappa shape index (κ3) is 4.45. The van der Waals surface area contributed by atoms with Gasteiger partial charge in [0.15, 0.2) is 15.0 Å². The summed E-state index contributed by atoms with van der Waals surface area (Å²) >= 11 is 7.03. The van der Waals surface area contributed by atoms with Crippen molar-refractivity contribution in [3.8, 4) is 0 Å². The van der Waals surface area contributed by atoms with Gasteiger partial charge in [-0.2, -0.15) is 0 Å². The van der Waals surface area contributed by atoms with Gasteiger partial charge in [0.1, 0.15) is 0 Å². The number of nitrogens with zero attached hydrogens (tertiary/aromatic N) is 1. The number of hydrogen-bond acceptors (Lipinski definition) is 5. The number of amides is 1. The number of halogens is 1. The number of rotatable bonds is 4. The maximum atomic E-state index is 12.0. The second-order valence-electron chi connectivity index (χ2n) is 5.29. The van der Waals surface area contributed by atoms with Crippen LogP contribution in [0.3, 0.4) is 0 Å². The third-order valence-electron chi connectivity index (χ3n) is 3.32. The molecule has 0 spiro atoms. The molecule has 0 aliphatic carbocycles. The Morgan fingerprint density at radius 2 is 1.92 bits per heavy atom. The van der Waals surface area contributed by atoms with Crippen LogP contribution < -0.4 is 5.32 Å². The van der Waals surface area contributed by atoms with Crippen molar-refractivity contribution in [1.29, 1.82) is 0 Å². The summed E-state index contributed by atoms with van der Waals surface area (Å²) in [6.07, 6.45) is 4.22. The van der Waals surface area contributed by atoms with Gasteiger partial charge in [-0.1, -0.05) is 35.1 Å². The average Bonchev–Trinajstić information content (AvgIpc) is 2.94. The van der Waals surface area contributed by atoms with Gasteiger partial charge in [-0.25, -0.2) is 13.4 Å². The first kappa shape index (κ1) is 17.6. The minimum atomic E-state index is -3.28. The van der Waals surface area contributed by atoms with E-state index >= 15 is 0 Å². The summed E-state index contributed by atoms with van der Waals surface area (Å²) in [4.78, 5) is 16.5. The smallest absolute Gasteiger partial charge is 0.250 e. The predicted molar refractivity (Wildman–Crippen MR) is 102 cm³/mol. The number of hydrogen-bond donors (Lipinski definition) is 1. The molecule has 25 heavy (non-hydrogen) atoms. The highest BCUT2D eigenvalue weighted by Crippen LogP contribution is 2.28. The van der Waals surface area contributed by atoms with Gasteiger partial charge in [-0.05, 0) is 42.0 Å². The van der Waals surface area contributed by atoms with E-state index in [1.807, 2.05) is 0 Å². The van der Waals surface area contributed by atoms with E-state index < -0.39 is 9.84 Å². The van der Waals surface area contributed by atoms with Crippen LogP contribution in [0, 0.1) is 0 Å². The molecule has 1 aromatic heterocycles. The molecular formula is C17H13ClN2O3S2. The molecule has 2 aromatic carbocycles. The number of nitrogens with one attached hydrogen (secondary N) is 1. The molecule has 0 unspecified atom stereocenters. The topological polar surface area (TPSA) is 76.1 Å². The zero-order valence-corrected chi connectivity index (χ0v) is 15.5. The molecule has 0 aliphatic rings. The summed E-state index contributed by atoms with van der Waals surface area (Å²) < 4.78 is 23.9. The van der Waals surface area contributed by atoms with E-state index in [9.17, 15) is 13.2 Å². The first-order chi connectivity index (χ1) is 11.8. The Morgan fingerprint density at radius 3 is 2.60 bits per heavy atom. The molecule has 0 aliphatic heterocycles. The minimum Gasteiger partial charge on any atom is -0.298 e. The van der Waals surface area contributed by atoms with Crippen molar-refractivity contribution in [3.05, 3.63) is 59.1 Å². The van der Waals surface area contributed by atoms with Crippen LogP contribution in [-0.2, 0) is 14.6 Å². The maximum Gasteiger partial charge on any atom is 0.250 e. The van der Waals surface area contributed by atoms with Crippen LogP contribution in [0.1, 0.15) is 5.56 Å². The molecule has 1 N–H and O–H groups in total. The number of carbonyl (C=O) groups is 1. The van der Waals surface area contributed by atoms with Gasteiger partial charge in [0, 0.05) is 17.4 Å². The molecule has 0 saturated carbocycles. The highest BCUT2D eigenvalue weighted by molar-refractivity contribution is 7.90. The summed E-state index contributed by atoms with van der Waals surface area (Å²) in [7, 11) is -3.28. The van der Waals surface area contributed by atoms with Gasteiger partial charge in [-0.3, -0.25) is 10.1 Å². The lowest BCUT2D eigenvalue weighted by atomic mass is 10.2. The van der Waals surface area contributed by atoms with E-state index in [1.165, 1.54) is 23.5 Å². The quantitative estimate of drug-likeness (QED) is 0.681. The highest BCUT2D eigenvalue weighted by Gasteiger charge is 2.11. The van der Waals surface area contributed by atoms with Gasteiger partial charge >= 0.3 is 0 Å². The molecule has 5 nitrogen and oxygen atoms in total. The Labute approximate surface area is 153 Å². The summed E-state index contributed by atoms with van der Waals surface area (Å²) in [5.41, 5.74) is 1.48. The molecule has 0 saturated heterocycles. The maximum absolute atomic E-state index is 12.0. The Balaban J connectivity index is 1.76. The molecule has 128 valence electrons. The molecule has 0 atom stereocenters. The van der Waals surface area contributed by atoms with Crippen molar-refractivity contribution in [2.75, 3.05) is 11.6 Å². The number of aromatic nitrogens is 1. The highest BCUT2D eigenvalue weighted by atomic mass is 35.5.